The first-order valence-corrected chi connectivity index (χ1v) is 6.34. The van der Waals surface area contributed by atoms with Crippen molar-refractivity contribution < 1.29 is 4.79 Å². The van der Waals surface area contributed by atoms with E-state index in [1.807, 2.05) is 20.8 Å². The molecule has 2 N–H and O–H groups in total. The maximum atomic E-state index is 12.1. The molecule has 0 spiro atoms. The number of nitrogens with one attached hydrogen (secondary N) is 2. The highest BCUT2D eigenvalue weighted by molar-refractivity contribution is 6.29. The number of aryl methyl sites for hydroxylation is 1. The fourth-order valence-corrected chi connectivity index (χ4v) is 1.83. The monoisotopic (exact) mass is 278 g/mol. The molecule has 2 aromatic rings. The number of carbonyl (C=O) groups is 1. The summed E-state index contributed by atoms with van der Waals surface area (Å²) in [5.41, 5.74) is 2.14. The van der Waals surface area contributed by atoms with Gasteiger partial charge in [-0.1, -0.05) is 25.4 Å². The summed E-state index contributed by atoms with van der Waals surface area (Å²) in [6.45, 7) is 5.86. The van der Waals surface area contributed by atoms with Gasteiger partial charge in [-0.25, -0.2) is 4.98 Å². The largest absolute Gasteiger partial charge is 0.305 e. The Bertz CT molecular complexity index is 606. The highest BCUT2D eigenvalue weighted by Crippen LogP contribution is 2.18. The van der Waals surface area contributed by atoms with Crippen molar-refractivity contribution in [3.05, 3.63) is 40.3 Å². The third kappa shape index (κ3) is 3.32. The average molecular weight is 279 g/mol. The number of hydrogen-bond donors (Lipinski definition) is 2. The highest BCUT2D eigenvalue weighted by atomic mass is 35.5. The standard InChI is InChI=1S/C13H15ClN4O/c1-7(2)10-5-9(6-11(14)15-10)13(19)16-12-4-8(3)17-18-12/h4-7H,1-3H3,(H2,16,17,18,19). The van der Waals surface area contributed by atoms with Gasteiger partial charge in [-0.15, -0.1) is 0 Å². The third-order valence-corrected chi connectivity index (χ3v) is 2.81. The lowest BCUT2D eigenvalue weighted by molar-refractivity contribution is 0.102. The summed E-state index contributed by atoms with van der Waals surface area (Å²) < 4.78 is 0. The molecule has 2 heterocycles. The lowest BCUT2D eigenvalue weighted by Crippen LogP contribution is -2.13. The Labute approximate surface area is 116 Å². The van der Waals surface area contributed by atoms with Gasteiger partial charge in [0.15, 0.2) is 5.82 Å². The first kappa shape index (κ1) is 13.5. The fourth-order valence-electron chi connectivity index (χ4n) is 1.61. The average Bonchev–Trinajstić information content (AvgIpc) is 2.73. The van der Waals surface area contributed by atoms with Crippen molar-refractivity contribution >= 4 is 23.3 Å². The number of amides is 1. The van der Waals surface area contributed by atoms with E-state index < -0.39 is 0 Å². The van der Waals surface area contributed by atoms with Crippen LogP contribution in [0.5, 0.6) is 0 Å². The molecule has 2 aromatic heterocycles. The predicted octanol–water partition coefficient (Wildman–Crippen LogP) is 3.14. The van der Waals surface area contributed by atoms with Crippen LogP contribution in [0.2, 0.25) is 5.15 Å². The molecule has 0 aliphatic heterocycles. The van der Waals surface area contributed by atoms with Gasteiger partial charge in [0.2, 0.25) is 0 Å². The molecule has 0 fully saturated rings. The van der Waals surface area contributed by atoms with Crippen LogP contribution in [-0.2, 0) is 0 Å². The molecular weight excluding hydrogens is 264 g/mol. The van der Waals surface area contributed by atoms with Gasteiger partial charge in [0, 0.05) is 23.0 Å². The first-order chi connectivity index (χ1) is 8.95. The lowest BCUT2D eigenvalue weighted by Gasteiger charge is -2.08. The Kier molecular flexibility index (Phi) is 3.85. The Morgan fingerprint density at radius 3 is 2.68 bits per heavy atom. The summed E-state index contributed by atoms with van der Waals surface area (Å²) in [5, 5.41) is 9.74. The molecule has 1 amide bonds. The minimum atomic E-state index is -0.252. The summed E-state index contributed by atoms with van der Waals surface area (Å²) in [5.74, 6) is 0.442. The minimum absolute atomic E-state index is 0.206. The van der Waals surface area contributed by atoms with Crippen molar-refractivity contribution in [2.45, 2.75) is 26.7 Å². The van der Waals surface area contributed by atoms with Crippen LogP contribution in [-0.4, -0.2) is 21.1 Å². The Morgan fingerprint density at radius 2 is 2.11 bits per heavy atom. The summed E-state index contributed by atoms with van der Waals surface area (Å²) in [4.78, 5) is 16.3. The summed E-state index contributed by atoms with van der Waals surface area (Å²) >= 11 is 5.93. The van der Waals surface area contributed by atoms with Gasteiger partial charge in [0.1, 0.15) is 5.15 Å². The number of aromatic amines is 1. The van der Waals surface area contributed by atoms with E-state index in [0.717, 1.165) is 11.4 Å². The van der Waals surface area contributed by atoms with Crippen LogP contribution in [0.3, 0.4) is 0 Å². The van der Waals surface area contributed by atoms with E-state index in [1.54, 1.807) is 18.2 Å². The van der Waals surface area contributed by atoms with Gasteiger partial charge in [-0.05, 0) is 25.0 Å². The number of pyridine rings is 1. The maximum Gasteiger partial charge on any atom is 0.257 e. The number of carbonyl (C=O) groups excluding carboxylic acids is 1. The zero-order chi connectivity index (χ0) is 14.0. The Balaban J connectivity index is 2.23. The van der Waals surface area contributed by atoms with Crippen LogP contribution in [0.1, 0.15) is 41.5 Å². The number of aromatic nitrogens is 3. The molecule has 0 aliphatic carbocycles. The van der Waals surface area contributed by atoms with Gasteiger partial charge in [-0.3, -0.25) is 9.89 Å². The minimum Gasteiger partial charge on any atom is -0.305 e. The zero-order valence-corrected chi connectivity index (χ0v) is 11.7. The van der Waals surface area contributed by atoms with Crippen LogP contribution >= 0.6 is 11.6 Å². The van der Waals surface area contributed by atoms with Crippen molar-refractivity contribution in [2.24, 2.45) is 0 Å². The van der Waals surface area contributed by atoms with Crippen molar-refractivity contribution in [3.8, 4) is 0 Å². The molecular formula is C13H15ClN4O. The molecule has 0 bridgehead atoms. The van der Waals surface area contributed by atoms with Crippen LogP contribution in [0, 0.1) is 6.92 Å². The number of hydrogen-bond acceptors (Lipinski definition) is 3. The zero-order valence-electron chi connectivity index (χ0n) is 11.0. The van der Waals surface area contributed by atoms with E-state index in [9.17, 15) is 4.79 Å². The second kappa shape index (κ2) is 5.40. The third-order valence-electron chi connectivity index (χ3n) is 2.62. The molecule has 0 atom stereocenters. The number of rotatable bonds is 3. The molecule has 5 nitrogen and oxygen atoms in total. The molecule has 19 heavy (non-hydrogen) atoms. The Hall–Kier alpha value is -1.88. The molecule has 0 saturated carbocycles. The summed E-state index contributed by atoms with van der Waals surface area (Å²) in [6, 6.07) is 5.04. The molecule has 0 unspecified atom stereocenters. The topological polar surface area (TPSA) is 70.7 Å². The van der Waals surface area contributed by atoms with Gasteiger partial charge < -0.3 is 5.32 Å². The number of H-pyrrole nitrogens is 1. The van der Waals surface area contributed by atoms with Crippen molar-refractivity contribution in [1.82, 2.24) is 15.2 Å². The lowest BCUT2D eigenvalue weighted by atomic mass is 10.1. The van der Waals surface area contributed by atoms with Crippen LogP contribution in [0.4, 0.5) is 5.82 Å². The quantitative estimate of drug-likeness (QED) is 0.847. The smallest absolute Gasteiger partial charge is 0.257 e. The van der Waals surface area contributed by atoms with E-state index in [0.29, 0.717) is 16.5 Å². The van der Waals surface area contributed by atoms with Crippen molar-refractivity contribution in [3.63, 3.8) is 0 Å². The van der Waals surface area contributed by atoms with Crippen LogP contribution < -0.4 is 5.32 Å². The van der Waals surface area contributed by atoms with Crippen LogP contribution in [0.15, 0.2) is 18.2 Å². The van der Waals surface area contributed by atoms with Gasteiger partial charge in [0.25, 0.3) is 5.91 Å². The fraction of sp³-hybridized carbons (Fsp3) is 0.308. The molecule has 100 valence electrons. The number of halogens is 1. The molecule has 6 heteroatoms. The van der Waals surface area contributed by atoms with Crippen molar-refractivity contribution in [2.75, 3.05) is 5.32 Å². The number of anilines is 1. The van der Waals surface area contributed by atoms with E-state index in [1.165, 1.54) is 0 Å². The number of nitrogens with zero attached hydrogens (tertiary/aromatic N) is 2. The molecule has 2 rings (SSSR count). The maximum absolute atomic E-state index is 12.1. The van der Waals surface area contributed by atoms with E-state index >= 15 is 0 Å². The van der Waals surface area contributed by atoms with E-state index in [2.05, 4.69) is 20.5 Å². The van der Waals surface area contributed by atoms with Gasteiger partial charge >= 0.3 is 0 Å². The Morgan fingerprint density at radius 1 is 1.37 bits per heavy atom. The van der Waals surface area contributed by atoms with E-state index in [4.69, 9.17) is 11.6 Å². The highest BCUT2D eigenvalue weighted by Gasteiger charge is 2.12. The van der Waals surface area contributed by atoms with Gasteiger partial charge in [-0.2, -0.15) is 5.10 Å². The van der Waals surface area contributed by atoms with Gasteiger partial charge in [0.05, 0.1) is 0 Å². The van der Waals surface area contributed by atoms with Crippen LogP contribution in [0.25, 0.3) is 0 Å². The predicted molar refractivity (Wildman–Crippen MR) is 74.6 cm³/mol. The molecule has 0 saturated heterocycles. The molecule has 0 radical (unpaired) electrons. The molecule has 0 aromatic carbocycles. The van der Waals surface area contributed by atoms with Crippen molar-refractivity contribution in [1.29, 1.82) is 0 Å². The summed E-state index contributed by atoms with van der Waals surface area (Å²) in [6.07, 6.45) is 0. The first-order valence-electron chi connectivity index (χ1n) is 5.96. The SMILES string of the molecule is Cc1cc(NC(=O)c2cc(Cl)nc(C(C)C)c2)n[nH]1. The second-order valence-corrected chi connectivity index (χ2v) is 5.04. The van der Waals surface area contributed by atoms with E-state index in [-0.39, 0.29) is 11.8 Å². The second-order valence-electron chi connectivity index (χ2n) is 4.65. The normalized spacial score (nSPS) is 10.8. The molecule has 0 aliphatic rings. The summed E-state index contributed by atoms with van der Waals surface area (Å²) in [7, 11) is 0.